The number of pyridine rings is 1. The van der Waals surface area contributed by atoms with Crippen molar-refractivity contribution >= 4 is 17.2 Å². The number of rotatable bonds is 3. The molecule has 2 rings (SSSR count). The van der Waals surface area contributed by atoms with Gasteiger partial charge < -0.3 is 15.8 Å². The molecule has 0 atom stereocenters. The Morgan fingerprint density at radius 3 is 2.25 bits per heavy atom. The number of ether oxygens (including phenoxy) is 1. The van der Waals surface area contributed by atoms with E-state index in [1.807, 2.05) is 12.1 Å². The SMILES string of the molecule is COc1ccc(N)c(Nc2ccc(C(C)(C)C)cc2)n1. The van der Waals surface area contributed by atoms with E-state index in [2.05, 4.69) is 43.2 Å². The lowest BCUT2D eigenvalue weighted by atomic mass is 9.87. The summed E-state index contributed by atoms with van der Waals surface area (Å²) in [6, 6.07) is 11.8. The average Bonchev–Trinajstić information content (AvgIpc) is 2.41. The maximum absolute atomic E-state index is 5.91. The number of nitrogen functional groups attached to an aromatic ring is 1. The molecular formula is C16H21N3O. The van der Waals surface area contributed by atoms with Crippen molar-refractivity contribution in [1.82, 2.24) is 4.98 Å². The first kappa shape index (κ1) is 14.2. The van der Waals surface area contributed by atoms with Gasteiger partial charge in [-0.1, -0.05) is 32.9 Å². The van der Waals surface area contributed by atoms with Gasteiger partial charge in [-0.05, 0) is 29.2 Å². The lowest BCUT2D eigenvalue weighted by molar-refractivity contribution is 0.398. The molecule has 0 unspecified atom stereocenters. The number of anilines is 3. The third-order valence-corrected chi connectivity index (χ3v) is 3.12. The molecular weight excluding hydrogens is 250 g/mol. The molecule has 0 fully saturated rings. The van der Waals surface area contributed by atoms with Crippen LogP contribution in [0.3, 0.4) is 0 Å². The van der Waals surface area contributed by atoms with Crippen LogP contribution in [0.25, 0.3) is 0 Å². The molecule has 1 heterocycles. The predicted molar refractivity (Wildman–Crippen MR) is 83.6 cm³/mol. The van der Waals surface area contributed by atoms with Crippen LogP contribution in [0, 0.1) is 0 Å². The summed E-state index contributed by atoms with van der Waals surface area (Å²) < 4.78 is 5.10. The average molecular weight is 271 g/mol. The number of nitrogens with two attached hydrogens (primary N) is 1. The summed E-state index contributed by atoms with van der Waals surface area (Å²) in [5.41, 5.74) is 8.88. The van der Waals surface area contributed by atoms with Crippen LogP contribution >= 0.6 is 0 Å². The number of nitrogens with zero attached hydrogens (tertiary/aromatic N) is 1. The lowest BCUT2D eigenvalue weighted by Gasteiger charge is -2.19. The van der Waals surface area contributed by atoms with Gasteiger partial charge in [0.25, 0.3) is 0 Å². The Kier molecular flexibility index (Phi) is 3.84. The van der Waals surface area contributed by atoms with Gasteiger partial charge in [-0.25, -0.2) is 0 Å². The molecule has 0 saturated heterocycles. The van der Waals surface area contributed by atoms with Crippen LogP contribution in [0.5, 0.6) is 5.88 Å². The summed E-state index contributed by atoms with van der Waals surface area (Å²) in [5.74, 6) is 1.14. The highest BCUT2D eigenvalue weighted by molar-refractivity contribution is 5.69. The Morgan fingerprint density at radius 2 is 1.70 bits per heavy atom. The fourth-order valence-electron chi connectivity index (χ4n) is 1.86. The Labute approximate surface area is 120 Å². The van der Waals surface area contributed by atoms with Crippen molar-refractivity contribution in [3.8, 4) is 5.88 Å². The van der Waals surface area contributed by atoms with E-state index < -0.39 is 0 Å². The van der Waals surface area contributed by atoms with Crippen molar-refractivity contribution in [2.45, 2.75) is 26.2 Å². The topological polar surface area (TPSA) is 60.2 Å². The smallest absolute Gasteiger partial charge is 0.215 e. The molecule has 0 radical (unpaired) electrons. The molecule has 0 aliphatic rings. The van der Waals surface area contributed by atoms with E-state index in [0.717, 1.165) is 5.69 Å². The van der Waals surface area contributed by atoms with Gasteiger partial charge in [0, 0.05) is 11.8 Å². The van der Waals surface area contributed by atoms with E-state index in [1.165, 1.54) is 5.56 Å². The zero-order valence-electron chi connectivity index (χ0n) is 12.4. The molecule has 1 aromatic heterocycles. The number of hydrogen-bond acceptors (Lipinski definition) is 4. The molecule has 2 aromatic rings. The van der Waals surface area contributed by atoms with Crippen LogP contribution in [-0.2, 0) is 5.41 Å². The molecule has 0 aliphatic heterocycles. The van der Waals surface area contributed by atoms with Crippen LogP contribution in [0.1, 0.15) is 26.3 Å². The van der Waals surface area contributed by atoms with Crippen LogP contribution in [0.4, 0.5) is 17.2 Å². The van der Waals surface area contributed by atoms with Gasteiger partial charge in [0.05, 0.1) is 12.8 Å². The van der Waals surface area contributed by atoms with Gasteiger partial charge in [0.15, 0.2) is 5.82 Å². The molecule has 4 nitrogen and oxygen atoms in total. The molecule has 1 aromatic carbocycles. The van der Waals surface area contributed by atoms with Crippen molar-refractivity contribution in [2.75, 3.05) is 18.2 Å². The molecule has 0 amide bonds. The summed E-state index contributed by atoms with van der Waals surface area (Å²) in [6.07, 6.45) is 0. The Bertz CT molecular complexity index is 586. The molecule has 0 bridgehead atoms. The zero-order chi connectivity index (χ0) is 14.8. The molecule has 0 aliphatic carbocycles. The molecule has 106 valence electrons. The van der Waals surface area contributed by atoms with E-state index in [4.69, 9.17) is 10.5 Å². The quantitative estimate of drug-likeness (QED) is 0.893. The Balaban J connectivity index is 2.22. The molecule has 3 N–H and O–H groups in total. The van der Waals surface area contributed by atoms with Gasteiger partial charge in [-0.3, -0.25) is 0 Å². The van der Waals surface area contributed by atoms with E-state index in [0.29, 0.717) is 17.4 Å². The van der Waals surface area contributed by atoms with Crippen LogP contribution < -0.4 is 15.8 Å². The van der Waals surface area contributed by atoms with Crippen molar-refractivity contribution in [3.05, 3.63) is 42.0 Å². The summed E-state index contributed by atoms with van der Waals surface area (Å²) in [6.45, 7) is 6.57. The fourth-order valence-corrected chi connectivity index (χ4v) is 1.86. The first-order valence-corrected chi connectivity index (χ1v) is 6.58. The third-order valence-electron chi connectivity index (χ3n) is 3.12. The van der Waals surface area contributed by atoms with Gasteiger partial charge in [0.1, 0.15) is 0 Å². The highest BCUT2D eigenvalue weighted by Crippen LogP contribution is 2.27. The summed E-state index contributed by atoms with van der Waals surface area (Å²) in [4.78, 5) is 4.30. The van der Waals surface area contributed by atoms with Gasteiger partial charge in [0.2, 0.25) is 5.88 Å². The highest BCUT2D eigenvalue weighted by Gasteiger charge is 2.13. The second-order valence-electron chi connectivity index (χ2n) is 5.74. The summed E-state index contributed by atoms with van der Waals surface area (Å²) >= 11 is 0. The van der Waals surface area contributed by atoms with Crippen molar-refractivity contribution < 1.29 is 4.74 Å². The van der Waals surface area contributed by atoms with Crippen molar-refractivity contribution in [1.29, 1.82) is 0 Å². The minimum absolute atomic E-state index is 0.145. The fraction of sp³-hybridized carbons (Fsp3) is 0.312. The summed E-state index contributed by atoms with van der Waals surface area (Å²) in [5, 5.41) is 3.21. The molecule has 20 heavy (non-hydrogen) atoms. The van der Waals surface area contributed by atoms with Gasteiger partial charge >= 0.3 is 0 Å². The monoisotopic (exact) mass is 271 g/mol. The van der Waals surface area contributed by atoms with Crippen LogP contribution in [-0.4, -0.2) is 12.1 Å². The number of benzene rings is 1. The summed E-state index contributed by atoms with van der Waals surface area (Å²) in [7, 11) is 1.58. The maximum Gasteiger partial charge on any atom is 0.215 e. The van der Waals surface area contributed by atoms with Gasteiger partial charge in [-0.2, -0.15) is 4.98 Å². The predicted octanol–water partition coefficient (Wildman–Crippen LogP) is 3.71. The minimum Gasteiger partial charge on any atom is -0.481 e. The zero-order valence-corrected chi connectivity index (χ0v) is 12.4. The van der Waals surface area contributed by atoms with Crippen molar-refractivity contribution in [2.24, 2.45) is 0 Å². The normalized spacial score (nSPS) is 11.2. The first-order valence-electron chi connectivity index (χ1n) is 6.58. The largest absolute Gasteiger partial charge is 0.481 e. The first-order chi connectivity index (χ1) is 9.40. The molecule has 0 spiro atoms. The number of aromatic nitrogens is 1. The minimum atomic E-state index is 0.145. The second kappa shape index (κ2) is 5.41. The molecule has 4 heteroatoms. The second-order valence-corrected chi connectivity index (χ2v) is 5.74. The Hall–Kier alpha value is -2.23. The Morgan fingerprint density at radius 1 is 1.05 bits per heavy atom. The van der Waals surface area contributed by atoms with E-state index in [1.54, 1.807) is 19.2 Å². The van der Waals surface area contributed by atoms with Crippen LogP contribution in [0.2, 0.25) is 0 Å². The number of methoxy groups -OCH3 is 1. The van der Waals surface area contributed by atoms with Gasteiger partial charge in [-0.15, -0.1) is 0 Å². The van der Waals surface area contributed by atoms with E-state index in [-0.39, 0.29) is 5.41 Å². The number of nitrogens with one attached hydrogen (secondary N) is 1. The standard InChI is InChI=1S/C16H21N3O/c1-16(2,3)11-5-7-12(8-6-11)18-15-13(17)9-10-14(19-15)20-4/h5-10H,17H2,1-4H3,(H,18,19). The highest BCUT2D eigenvalue weighted by atomic mass is 16.5. The third kappa shape index (κ3) is 3.20. The van der Waals surface area contributed by atoms with E-state index in [9.17, 15) is 0 Å². The van der Waals surface area contributed by atoms with Crippen LogP contribution in [0.15, 0.2) is 36.4 Å². The number of hydrogen-bond donors (Lipinski definition) is 2. The molecule has 0 saturated carbocycles. The lowest BCUT2D eigenvalue weighted by Crippen LogP contribution is -2.10. The van der Waals surface area contributed by atoms with Crippen molar-refractivity contribution in [3.63, 3.8) is 0 Å². The maximum atomic E-state index is 5.91. The van der Waals surface area contributed by atoms with E-state index >= 15 is 0 Å².